The number of furan rings is 1. The molecule has 4 N–H and O–H groups in total. The fraction of sp³-hybridized carbons (Fsp3) is 0.555. The third-order valence-corrected chi connectivity index (χ3v) is 28.2. The van der Waals surface area contributed by atoms with Crippen molar-refractivity contribution in [3.63, 3.8) is 0 Å². The lowest BCUT2D eigenvalue weighted by molar-refractivity contribution is -0.157. The number of imide groups is 4. The van der Waals surface area contributed by atoms with Crippen LogP contribution >= 0.6 is 11.8 Å². The van der Waals surface area contributed by atoms with Gasteiger partial charge in [0, 0.05) is 105 Å². The summed E-state index contributed by atoms with van der Waals surface area (Å²) in [5, 5.41) is 43.3. The number of piperidine rings is 3. The number of aliphatic hydroxyl groups is 4. The minimum Gasteiger partial charge on any atom is -0.511 e. The Labute approximate surface area is 803 Å². The van der Waals surface area contributed by atoms with Crippen LogP contribution in [0.5, 0.6) is 0 Å². The van der Waals surface area contributed by atoms with E-state index in [0.29, 0.717) is 72.4 Å². The SMILES string of the molecule is CC(C)(CC(=O)OCC12CC3CC(CC(C3)C1)C2)C/C(O)=C1\C(=O)CCN(C(=O)c2ccccc2)C1=O.CCCCCC(=NC(C)CCCN(CC)CC)C1=C(O)C(CCSC)N(C(=O)CC(C)CC(C)(C)C)C1=O.Cc1ccccc1-c1ccc(CC/C(O)=C2\C(=O)CCN(C(=O)c3ccccc3)C2=O)o1.O=C1CCN(C(=O)c2ccccc2)C(=O)/C1=C(\O)CCCCC1CCCCC1. The van der Waals surface area contributed by atoms with Gasteiger partial charge in [0.05, 0.1) is 24.8 Å². The molecule has 3 unspecified atom stereocenters. The largest absolute Gasteiger partial charge is 0.511 e. The molecule has 5 heterocycles. The Bertz CT molecular complexity index is 5100. The van der Waals surface area contributed by atoms with E-state index < -0.39 is 58.5 Å². The molecule has 25 heteroatoms. The number of aliphatic imine (C=N–C) groups is 1. The Kier molecular flexibility index (Phi) is 39.7. The van der Waals surface area contributed by atoms with Crippen molar-refractivity contribution >= 4 is 88.1 Å². The van der Waals surface area contributed by atoms with E-state index in [1.165, 1.54) is 56.3 Å². The van der Waals surface area contributed by atoms with Crippen LogP contribution in [0.3, 0.4) is 0 Å². The lowest BCUT2D eigenvalue weighted by Crippen LogP contribution is -2.48. The van der Waals surface area contributed by atoms with Crippen LogP contribution in [0.2, 0.25) is 0 Å². The predicted molar refractivity (Wildman–Crippen MR) is 526 cm³/mol. The number of esters is 1. The Morgan fingerprint density at radius 1 is 0.578 bits per heavy atom. The van der Waals surface area contributed by atoms with Gasteiger partial charge in [-0.2, -0.15) is 11.8 Å². The van der Waals surface area contributed by atoms with Crippen molar-refractivity contribution in [3.8, 4) is 11.3 Å². The average Bonchev–Trinajstić information content (AvgIpc) is 1.26. The molecule has 5 saturated carbocycles. The number of aryl methyl sites for hydroxylation is 2. The van der Waals surface area contributed by atoms with Crippen LogP contribution < -0.4 is 0 Å². The summed E-state index contributed by atoms with van der Waals surface area (Å²) in [6.07, 6.45) is 27.0. The van der Waals surface area contributed by atoms with Crippen molar-refractivity contribution < 1.29 is 87.1 Å². The molecule has 0 radical (unpaired) electrons. The van der Waals surface area contributed by atoms with Gasteiger partial charge in [-0.05, 0) is 223 Å². The number of aliphatic hydroxyl groups excluding tert-OH is 4. The van der Waals surface area contributed by atoms with E-state index in [-0.39, 0.29) is 144 Å². The molecule has 5 aromatic rings. The molecule has 4 bridgehead atoms. The number of hydrogen-bond acceptors (Lipinski definition) is 21. The van der Waals surface area contributed by atoms with Gasteiger partial charge in [0.15, 0.2) is 17.3 Å². The topological polar surface area (TPSA) is 337 Å². The first-order valence-corrected chi connectivity index (χ1v) is 50.8. The Morgan fingerprint density at radius 3 is 1.56 bits per heavy atom. The number of amides is 8. The number of thioether (sulfide) groups is 1. The third-order valence-electron chi connectivity index (χ3n) is 27.6. The monoisotopic (exact) mass is 1870 g/mol. The second kappa shape index (κ2) is 50.4. The molecule has 3 saturated heterocycles. The smallest absolute Gasteiger partial charge is 0.306 e. The molecule has 1 aromatic heterocycles. The predicted octanol–water partition coefficient (Wildman–Crippen LogP) is 21.5. The highest BCUT2D eigenvalue weighted by Crippen LogP contribution is 2.60. The first-order chi connectivity index (χ1) is 64.5. The summed E-state index contributed by atoms with van der Waals surface area (Å²) < 4.78 is 11.7. The van der Waals surface area contributed by atoms with Gasteiger partial charge in [0.25, 0.3) is 41.4 Å². The average molecular weight is 1870 g/mol. The molecular weight excluding hydrogens is 1730 g/mol. The molecule has 730 valence electrons. The molecule has 8 amide bonds. The molecule has 5 aliphatic carbocycles. The molecule has 4 aromatic carbocycles. The normalized spacial score (nSPS) is 21.5. The zero-order chi connectivity index (χ0) is 97.8. The molecule has 135 heavy (non-hydrogen) atoms. The fourth-order valence-corrected chi connectivity index (χ4v) is 21.6. The second-order valence-corrected chi connectivity index (χ2v) is 41.5. The number of Topliss-reactive ketones (excluding diaryl/α,β-unsaturated/α-hetero) is 3. The molecule has 8 fully saturated rings. The molecule has 24 nitrogen and oxygen atoms in total. The number of carbonyl (C=O) groups excluding carboxylic acids is 12. The van der Waals surface area contributed by atoms with E-state index in [2.05, 4.69) is 60.3 Å². The number of nitrogens with zero attached hydrogens (tertiary/aromatic N) is 6. The molecule has 3 atom stereocenters. The maximum Gasteiger partial charge on any atom is 0.306 e. The van der Waals surface area contributed by atoms with Crippen LogP contribution in [-0.4, -0.2) is 191 Å². The van der Waals surface area contributed by atoms with Crippen molar-refractivity contribution in [2.45, 2.75) is 287 Å². The summed E-state index contributed by atoms with van der Waals surface area (Å²) in [4.78, 5) is 166. The summed E-state index contributed by atoms with van der Waals surface area (Å²) in [5.74, 6) is -1.22. The molecular formula is C110H146N6O18S. The van der Waals surface area contributed by atoms with E-state index in [4.69, 9.17) is 14.1 Å². The second-order valence-electron chi connectivity index (χ2n) is 40.5. The van der Waals surface area contributed by atoms with E-state index >= 15 is 0 Å². The van der Waals surface area contributed by atoms with Crippen molar-refractivity contribution in [2.24, 2.45) is 50.8 Å². The Hall–Kier alpha value is -10.7. The molecule has 0 spiro atoms. The Balaban J connectivity index is 0.000000187. The number of ketones is 3. The lowest BCUT2D eigenvalue weighted by atomic mass is 9.50. The van der Waals surface area contributed by atoms with Crippen LogP contribution in [0.4, 0.5) is 0 Å². The number of unbranched alkanes of at least 4 members (excludes halogenated alkanes) is 3. The minimum atomic E-state index is -0.789. The van der Waals surface area contributed by atoms with E-state index in [1.54, 1.807) is 117 Å². The molecule has 9 aliphatic rings. The number of allylic oxidation sites excluding steroid dienone is 3. The van der Waals surface area contributed by atoms with Gasteiger partial charge in [0.2, 0.25) is 5.91 Å². The van der Waals surface area contributed by atoms with Gasteiger partial charge in [-0.25, -0.2) is 0 Å². The van der Waals surface area contributed by atoms with Crippen LogP contribution in [0, 0.1) is 52.8 Å². The molecule has 4 aliphatic heterocycles. The van der Waals surface area contributed by atoms with Crippen molar-refractivity contribution in [1.82, 2.24) is 24.5 Å². The van der Waals surface area contributed by atoms with Gasteiger partial charge in [-0.3, -0.25) is 82.1 Å². The van der Waals surface area contributed by atoms with Crippen LogP contribution in [0.1, 0.15) is 304 Å². The first-order valence-electron chi connectivity index (χ1n) is 49.4. The zero-order valence-corrected chi connectivity index (χ0v) is 82.7. The summed E-state index contributed by atoms with van der Waals surface area (Å²) in [6.45, 7) is 26.4. The number of carbonyl (C=O) groups is 12. The third kappa shape index (κ3) is 29.7. The maximum atomic E-state index is 13.8. The number of hydrogen-bond donors (Lipinski definition) is 4. The summed E-state index contributed by atoms with van der Waals surface area (Å²) in [5.41, 5.74) is 2.77. The van der Waals surface area contributed by atoms with E-state index in [1.807, 2.05) is 49.6 Å². The number of ether oxygens (including phenoxy) is 1. The van der Waals surface area contributed by atoms with Gasteiger partial charge in [0.1, 0.15) is 56.8 Å². The lowest BCUT2D eigenvalue weighted by Gasteiger charge is -2.56. The summed E-state index contributed by atoms with van der Waals surface area (Å²) in [6, 6.07) is 36.3. The highest BCUT2D eigenvalue weighted by molar-refractivity contribution is 7.98. The van der Waals surface area contributed by atoms with Crippen molar-refractivity contribution in [3.05, 3.63) is 201 Å². The number of rotatable bonds is 36. The zero-order valence-electron chi connectivity index (χ0n) is 81.8. The van der Waals surface area contributed by atoms with Crippen LogP contribution in [-0.2, 0) is 54.3 Å². The maximum absolute atomic E-state index is 13.8. The van der Waals surface area contributed by atoms with Gasteiger partial charge >= 0.3 is 5.97 Å². The Morgan fingerprint density at radius 2 is 1.07 bits per heavy atom. The van der Waals surface area contributed by atoms with Crippen LogP contribution in [0.25, 0.3) is 11.3 Å². The first kappa shape index (κ1) is 106. The quantitative estimate of drug-likeness (QED) is 0.00550. The van der Waals surface area contributed by atoms with Crippen molar-refractivity contribution in [1.29, 1.82) is 0 Å². The van der Waals surface area contributed by atoms with Gasteiger partial charge in [-0.15, -0.1) is 0 Å². The van der Waals surface area contributed by atoms with Gasteiger partial charge < -0.3 is 34.5 Å². The summed E-state index contributed by atoms with van der Waals surface area (Å²) in [7, 11) is 0. The fourth-order valence-electron chi connectivity index (χ4n) is 21.2. The van der Waals surface area contributed by atoms with Gasteiger partial charge in [-0.1, -0.05) is 199 Å². The summed E-state index contributed by atoms with van der Waals surface area (Å²) >= 11 is 1.66. The molecule has 14 rings (SSSR count). The van der Waals surface area contributed by atoms with E-state index in [9.17, 15) is 78.0 Å². The van der Waals surface area contributed by atoms with Crippen molar-refractivity contribution in [2.75, 3.05) is 57.9 Å². The highest BCUT2D eigenvalue weighted by Gasteiger charge is 2.52. The number of likely N-dealkylation sites (tertiary alicyclic amines) is 3. The standard InChI is InChI=1S/C31H57N3O3S.C30H37NO6.C26H23NO5.C23H29NO4/c1-10-13-14-17-25(32-24(5)16-15-19-33(11-2)12-3)28-29(36)26(18-20-38-9)34(30(28)37)27(35)21-23(4)22-31(6,7)8;1-29(2,17-25(34)37-18-30-13-19-10-20(14-30)12-21(11-19)15-30)16-24(33)26-23(32)8-9-31(28(26)36)27(35)22-6-4-3-5-7-22;1-17-7-5-6-10-20(17)23-14-12-19(32-23)11-13-21(28)24-22(29)15-16-27(26(24)31)25(30)18-8-3-2-4-9-18;25-19(14-8-7-11-17-9-3-1-4-10-17)21-20(26)15-16-24(23(21)28)22(27)18-12-5-2-6-13-18/h23-24,26,36H,10-22H2,1-9H3;3-7,19-21,33H,8-18H2,1-2H3;2-10,12,14,28H,11,13,15-16H2,1H3;2,5-6,12-13,17,25H,1,3-4,7-11,14-16H2/b;26-24-;24-21-;21-19-. The minimum absolute atomic E-state index is 0.000144. The number of benzene rings is 4. The van der Waals surface area contributed by atoms with Crippen LogP contribution in [0.15, 0.2) is 182 Å². The van der Waals surface area contributed by atoms with E-state index in [0.717, 1.165) is 158 Å². The highest BCUT2D eigenvalue weighted by atomic mass is 32.2.